The molecule has 0 aliphatic carbocycles. The van der Waals surface area contributed by atoms with Crippen LogP contribution < -0.4 is 0 Å². The van der Waals surface area contributed by atoms with E-state index in [2.05, 4.69) is 20.8 Å². The van der Waals surface area contributed by atoms with Crippen molar-refractivity contribution < 1.29 is 13.6 Å². The largest absolute Gasteiger partial charge is 0.330 e. The highest BCUT2D eigenvalue weighted by molar-refractivity contribution is 7.53. The van der Waals surface area contributed by atoms with E-state index in [1.54, 1.807) is 0 Å². The molecule has 0 unspecified atom stereocenters. The lowest BCUT2D eigenvalue weighted by atomic mass is 10.0. The summed E-state index contributed by atoms with van der Waals surface area (Å²) in [6.45, 7) is 7.88. The molecule has 0 saturated heterocycles. The summed E-state index contributed by atoms with van der Waals surface area (Å²) in [6, 6.07) is 0. The Hall–Kier alpha value is 0.150. The maximum absolute atomic E-state index is 13.2. The van der Waals surface area contributed by atoms with Crippen molar-refractivity contribution >= 4 is 7.60 Å². The van der Waals surface area contributed by atoms with E-state index in [0.29, 0.717) is 19.4 Å². The third-order valence-electron chi connectivity index (χ3n) is 6.36. The molecule has 0 aromatic carbocycles. The van der Waals surface area contributed by atoms with Crippen molar-refractivity contribution in [3.8, 4) is 0 Å². The second-order valence-corrected chi connectivity index (χ2v) is 11.9. The fraction of sp³-hybridized carbons (Fsp3) is 1.00. The Morgan fingerprint density at radius 3 is 1.03 bits per heavy atom. The number of unbranched alkanes of at least 4 members (excludes halogenated alkanes) is 19. The minimum atomic E-state index is -2.90. The Morgan fingerprint density at radius 2 is 0.688 bits per heavy atom. The van der Waals surface area contributed by atoms with Gasteiger partial charge in [0.2, 0.25) is 0 Å². The standard InChI is InChI=1S/C28H59O3P/c1-4-7-10-13-14-15-16-17-18-19-20-21-22-25-28-32(29,30-26-23-11-8-5-2)31-27-24-12-9-6-3/h4-28H2,1-3H3. The molecule has 194 valence electrons. The van der Waals surface area contributed by atoms with E-state index >= 15 is 0 Å². The van der Waals surface area contributed by atoms with Crippen LogP contribution in [0.4, 0.5) is 0 Å². The van der Waals surface area contributed by atoms with Gasteiger partial charge in [-0.2, -0.15) is 0 Å². The zero-order valence-electron chi connectivity index (χ0n) is 22.3. The van der Waals surface area contributed by atoms with E-state index in [-0.39, 0.29) is 0 Å². The molecule has 0 N–H and O–H groups in total. The van der Waals surface area contributed by atoms with Crippen molar-refractivity contribution in [2.75, 3.05) is 19.4 Å². The molecule has 0 heterocycles. The van der Waals surface area contributed by atoms with Crippen LogP contribution in [0, 0.1) is 0 Å². The first kappa shape index (κ1) is 32.1. The van der Waals surface area contributed by atoms with E-state index in [1.807, 2.05) is 0 Å². The lowest BCUT2D eigenvalue weighted by Crippen LogP contribution is -2.03. The molecule has 0 saturated carbocycles. The van der Waals surface area contributed by atoms with Crippen molar-refractivity contribution in [3.05, 3.63) is 0 Å². The first-order chi connectivity index (χ1) is 15.7. The maximum Gasteiger partial charge on any atom is 0.330 e. The topological polar surface area (TPSA) is 35.5 Å². The van der Waals surface area contributed by atoms with Gasteiger partial charge in [0, 0.05) is 0 Å². The predicted molar refractivity (Wildman–Crippen MR) is 143 cm³/mol. The molecule has 0 rings (SSSR count). The molecular weight excluding hydrogens is 415 g/mol. The van der Waals surface area contributed by atoms with Gasteiger partial charge in [-0.1, -0.05) is 143 Å². The molecule has 32 heavy (non-hydrogen) atoms. The van der Waals surface area contributed by atoms with Gasteiger partial charge in [-0.3, -0.25) is 4.57 Å². The summed E-state index contributed by atoms with van der Waals surface area (Å²) in [5.74, 6) is 0. The van der Waals surface area contributed by atoms with Crippen molar-refractivity contribution in [1.29, 1.82) is 0 Å². The summed E-state index contributed by atoms with van der Waals surface area (Å²) in [6.07, 6.45) is 28.5. The lowest BCUT2D eigenvalue weighted by Gasteiger charge is -2.19. The zero-order valence-corrected chi connectivity index (χ0v) is 23.2. The van der Waals surface area contributed by atoms with Crippen molar-refractivity contribution in [3.63, 3.8) is 0 Å². The van der Waals surface area contributed by atoms with Gasteiger partial charge < -0.3 is 9.05 Å². The van der Waals surface area contributed by atoms with Crippen LogP contribution in [0.2, 0.25) is 0 Å². The van der Waals surface area contributed by atoms with Crippen molar-refractivity contribution in [2.24, 2.45) is 0 Å². The summed E-state index contributed by atoms with van der Waals surface area (Å²) in [7, 11) is -2.90. The molecule has 0 bridgehead atoms. The molecule has 0 fully saturated rings. The van der Waals surface area contributed by atoms with Gasteiger partial charge in [-0.15, -0.1) is 0 Å². The minimum absolute atomic E-state index is 0.588. The molecule has 0 spiro atoms. The Kier molecular flexibility index (Phi) is 25.9. The number of hydrogen-bond acceptors (Lipinski definition) is 3. The lowest BCUT2D eigenvalue weighted by molar-refractivity contribution is 0.197. The van der Waals surface area contributed by atoms with Crippen LogP contribution in [-0.4, -0.2) is 19.4 Å². The third-order valence-corrected chi connectivity index (χ3v) is 8.37. The average molecular weight is 475 g/mol. The average Bonchev–Trinajstić information content (AvgIpc) is 2.79. The summed E-state index contributed by atoms with van der Waals surface area (Å²) < 4.78 is 24.8. The molecule has 4 heteroatoms. The molecule has 3 nitrogen and oxygen atoms in total. The summed E-state index contributed by atoms with van der Waals surface area (Å²) in [5.41, 5.74) is 0. The Balaban J connectivity index is 3.79. The van der Waals surface area contributed by atoms with E-state index < -0.39 is 7.60 Å². The normalized spacial score (nSPS) is 12.0. The quantitative estimate of drug-likeness (QED) is 0.0877. The first-order valence-corrected chi connectivity index (χ1v) is 16.3. The predicted octanol–water partition coefficient (Wildman–Crippen LogP) is 10.9. The fourth-order valence-electron chi connectivity index (χ4n) is 4.13. The Morgan fingerprint density at radius 1 is 0.406 bits per heavy atom. The summed E-state index contributed by atoms with van der Waals surface area (Å²) >= 11 is 0. The van der Waals surface area contributed by atoms with Crippen LogP contribution in [-0.2, 0) is 13.6 Å². The second kappa shape index (κ2) is 25.8. The van der Waals surface area contributed by atoms with Gasteiger partial charge in [-0.05, 0) is 19.3 Å². The highest BCUT2D eigenvalue weighted by Crippen LogP contribution is 2.49. The van der Waals surface area contributed by atoms with Crippen LogP contribution in [0.1, 0.15) is 162 Å². The highest BCUT2D eigenvalue weighted by Gasteiger charge is 2.23. The summed E-state index contributed by atoms with van der Waals surface area (Å²) in [5, 5.41) is 0. The van der Waals surface area contributed by atoms with Crippen LogP contribution in [0.5, 0.6) is 0 Å². The van der Waals surface area contributed by atoms with Crippen LogP contribution in [0.25, 0.3) is 0 Å². The third kappa shape index (κ3) is 23.3. The summed E-state index contributed by atoms with van der Waals surface area (Å²) in [4.78, 5) is 0. The van der Waals surface area contributed by atoms with Crippen molar-refractivity contribution in [2.45, 2.75) is 162 Å². The molecule has 0 aromatic rings. The second-order valence-electron chi connectivity index (χ2n) is 9.72. The first-order valence-electron chi connectivity index (χ1n) is 14.6. The van der Waals surface area contributed by atoms with E-state index in [9.17, 15) is 4.57 Å². The van der Waals surface area contributed by atoms with Gasteiger partial charge in [0.1, 0.15) is 0 Å². The molecule has 0 aliphatic rings. The van der Waals surface area contributed by atoms with Gasteiger partial charge in [-0.25, -0.2) is 0 Å². The molecule has 0 aromatic heterocycles. The Bertz CT molecular complexity index is 382. The van der Waals surface area contributed by atoms with Gasteiger partial charge in [0.25, 0.3) is 0 Å². The Labute approximate surface area is 202 Å². The van der Waals surface area contributed by atoms with Gasteiger partial charge >= 0.3 is 7.60 Å². The molecule has 0 amide bonds. The SMILES string of the molecule is CCCCCCCCCCCCCCCCP(=O)(OCCCCCC)OCCCCCC. The van der Waals surface area contributed by atoms with Crippen LogP contribution in [0.15, 0.2) is 0 Å². The monoisotopic (exact) mass is 474 g/mol. The van der Waals surface area contributed by atoms with E-state index in [1.165, 1.54) is 103 Å². The molecule has 0 atom stereocenters. The maximum atomic E-state index is 13.2. The van der Waals surface area contributed by atoms with E-state index in [4.69, 9.17) is 9.05 Å². The van der Waals surface area contributed by atoms with Gasteiger partial charge in [0.15, 0.2) is 0 Å². The number of rotatable bonds is 27. The van der Waals surface area contributed by atoms with Crippen LogP contribution in [0.3, 0.4) is 0 Å². The zero-order chi connectivity index (χ0) is 23.6. The van der Waals surface area contributed by atoms with Crippen molar-refractivity contribution in [1.82, 2.24) is 0 Å². The minimum Gasteiger partial charge on any atom is -0.309 e. The molecule has 0 aliphatic heterocycles. The fourth-order valence-corrected chi connectivity index (χ4v) is 5.89. The number of hydrogen-bond donors (Lipinski definition) is 0. The van der Waals surface area contributed by atoms with Gasteiger partial charge in [0.05, 0.1) is 19.4 Å². The van der Waals surface area contributed by atoms with E-state index in [0.717, 1.165) is 38.5 Å². The smallest absolute Gasteiger partial charge is 0.309 e. The highest BCUT2D eigenvalue weighted by atomic mass is 31.2. The molecule has 0 radical (unpaired) electrons. The van der Waals surface area contributed by atoms with Crippen LogP contribution >= 0.6 is 7.60 Å². The molecular formula is C28H59O3P.